The maximum atomic E-state index is 11.6. The maximum absolute atomic E-state index is 11.6. The van der Waals surface area contributed by atoms with Gasteiger partial charge in [0.2, 0.25) is 0 Å². The summed E-state index contributed by atoms with van der Waals surface area (Å²) in [6.45, 7) is 2.51. The molecule has 0 aromatic carbocycles. The van der Waals surface area contributed by atoms with Crippen molar-refractivity contribution in [2.75, 3.05) is 20.6 Å². The molecule has 20 heavy (non-hydrogen) atoms. The third-order valence-electron chi connectivity index (χ3n) is 3.08. The fourth-order valence-electron chi connectivity index (χ4n) is 2.15. The molecule has 2 aromatic rings. The molecular weight excluding hydrogens is 252 g/mol. The zero-order valence-electron chi connectivity index (χ0n) is 12.0. The van der Waals surface area contributed by atoms with Crippen LogP contribution in [0, 0.1) is 6.92 Å². The normalized spacial score (nSPS) is 12.4. The average molecular weight is 270 g/mol. The predicted molar refractivity (Wildman–Crippen MR) is 79.1 cm³/mol. The minimum absolute atomic E-state index is 0.651. The highest BCUT2D eigenvalue weighted by molar-refractivity contribution is 6.17. The lowest BCUT2D eigenvalue weighted by molar-refractivity contribution is -0.103. The molecule has 0 saturated heterocycles. The molecule has 0 bridgehead atoms. The number of hydrogen-bond donors (Lipinski definition) is 0. The molecule has 0 spiro atoms. The summed E-state index contributed by atoms with van der Waals surface area (Å²) in [5.74, 6) is 0.743. The number of rotatable bonds is 5. The van der Waals surface area contributed by atoms with Crippen LogP contribution >= 0.6 is 0 Å². The van der Waals surface area contributed by atoms with Gasteiger partial charge in [-0.3, -0.25) is 9.78 Å². The van der Waals surface area contributed by atoms with Crippen LogP contribution in [0.1, 0.15) is 16.9 Å². The van der Waals surface area contributed by atoms with Gasteiger partial charge in [-0.25, -0.2) is 0 Å². The number of carbonyl (C=O) groups is 1. The van der Waals surface area contributed by atoms with E-state index in [4.69, 9.17) is 4.42 Å². The number of furan rings is 1. The second-order valence-electron chi connectivity index (χ2n) is 4.88. The summed E-state index contributed by atoms with van der Waals surface area (Å²) >= 11 is 0. The molecule has 4 nitrogen and oxygen atoms in total. The number of carbonyl (C=O) groups excluding carboxylic acids is 1. The lowest BCUT2D eigenvalue weighted by Crippen LogP contribution is -2.16. The Morgan fingerprint density at radius 2 is 2.20 bits per heavy atom. The average Bonchev–Trinajstić information content (AvgIpc) is 2.86. The second-order valence-corrected chi connectivity index (χ2v) is 4.88. The molecule has 0 fully saturated rings. The van der Waals surface area contributed by atoms with E-state index in [1.54, 1.807) is 18.7 Å². The van der Waals surface area contributed by atoms with Crippen molar-refractivity contribution >= 4 is 17.4 Å². The quantitative estimate of drug-likeness (QED) is 0.619. The number of aryl methyl sites for hydroxylation is 1. The molecular formula is C16H18N2O2. The first-order valence-corrected chi connectivity index (χ1v) is 6.41. The number of allylic oxidation sites excluding steroid dienone is 1. The Hall–Kier alpha value is -2.20. The Morgan fingerprint density at radius 1 is 1.40 bits per heavy atom. The molecule has 0 N–H and O–H groups in total. The zero-order valence-corrected chi connectivity index (χ0v) is 12.0. The van der Waals surface area contributed by atoms with Gasteiger partial charge in [-0.05, 0) is 44.3 Å². The highest BCUT2D eigenvalue weighted by atomic mass is 16.3. The standard InChI is InChI=1S/C16H18N2O2/c1-12-14(6-8-20-12)16(11-19)15(10-18(2)3)13-5-4-7-17-9-13/h4-9,11H,10H2,1-3H3. The number of hydrogen-bond acceptors (Lipinski definition) is 4. The van der Waals surface area contributed by atoms with Gasteiger partial charge in [-0.2, -0.15) is 0 Å². The molecule has 0 aliphatic rings. The Labute approximate surface area is 118 Å². The maximum Gasteiger partial charge on any atom is 0.151 e. The van der Waals surface area contributed by atoms with Crippen molar-refractivity contribution < 1.29 is 9.21 Å². The summed E-state index contributed by atoms with van der Waals surface area (Å²) in [6, 6.07) is 5.66. The fourth-order valence-corrected chi connectivity index (χ4v) is 2.15. The minimum Gasteiger partial charge on any atom is -0.469 e. The van der Waals surface area contributed by atoms with Gasteiger partial charge in [0.25, 0.3) is 0 Å². The van der Waals surface area contributed by atoms with Gasteiger partial charge in [-0.15, -0.1) is 0 Å². The summed E-state index contributed by atoms with van der Waals surface area (Å²) in [5.41, 5.74) is 3.38. The van der Waals surface area contributed by atoms with E-state index >= 15 is 0 Å². The van der Waals surface area contributed by atoms with Crippen molar-refractivity contribution in [3.8, 4) is 0 Å². The molecule has 0 unspecified atom stereocenters. The van der Waals surface area contributed by atoms with Crippen molar-refractivity contribution in [3.63, 3.8) is 0 Å². The SMILES string of the molecule is Cc1occc1C(C=O)=C(CN(C)C)c1cccnc1. The predicted octanol–water partition coefficient (Wildman–Crippen LogP) is 2.65. The van der Waals surface area contributed by atoms with Crippen molar-refractivity contribution in [2.45, 2.75) is 6.92 Å². The van der Waals surface area contributed by atoms with Crippen LogP contribution in [0.3, 0.4) is 0 Å². The van der Waals surface area contributed by atoms with Crippen molar-refractivity contribution in [2.24, 2.45) is 0 Å². The van der Waals surface area contributed by atoms with Crippen LogP contribution in [-0.4, -0.2) is 36.8 Å². The lowest BCUT2D eigenvalue weighted by atomic mass is 9.96. The molecule has 0 aliphatic carbocycles. The molecule has 0 radical (unpaired) electrons. The van der Waals surface area contributed by atoms with E-state index < -0.39 is 0 Å². The van der Waals surface area contributed by atoms with E-state index in [9.17, 15) is 4.79 Å². The van der Waals surface area contributed by atoms with Crippen molar-refractivity contribution in [3.05, 3.63) is 53.7 Å². The Bertz CT molecular complexity index is 612. The van der Waals surface area contributed by atoms with Crippen LogP contribution < -0.4 is 0 Å². The van der Waals surface area contributed by atoms with Crippen LogP contribution in [0.5, 0.6) is 0 Å². The van der Waals surface area contributed by atoms with E-state index in [1.807, 2.05) is 44.1 Å². The summed E-state index contributed by atoms with van der Waals surface area (Å²) in [7, 11) is 3.95. The van der Waals surface area contributed by atoms with E-state index in [-0.39, 0.29) is 0 Å². The van der Waals surface area contributed by atoms with Gasteiger partial charge in [0.05, 0.1) is 6.26 Å². The molecule has 2 rings (SSSR count). The van der Waals surface area contributed by atoms with Crippen LogP contribution in [0.4, 0.5) is 0 Å². The number of aromatic nitrogens is 1. The number of pyridine rings is 1. The highest BCUT2D eigenvalue weighted by Gasteiger charge is 2.15. The smallest absolute Gasteiger partial charge is 0.151 e. The number of aldehydes is 1. The van der Waals surface area contributed by atoms with Crippen molar-refractivity contribution in [1.29, 1.82) is 0 Å². The molecule has 104 valence electrons. The molecule has 0 aliphatic heterocycles. The summed E-state index contributed by atoms with van der Waals surface area (Å²) < 4.78 is 5.32. The first-order chi connectivity index (χ1) is 9.63. The summed E-state index contributed by atoms with van der Waals surface area (Å²) in [5, 5.41) is 0. The molecule has 4 heteroatoms. The summed E-state index contributed by atoms with van der Waals surface area (Å²) in [4.78, 5) is 17.8. The zero-order chi connectivity index (χ0) is 14.5. The van der Waals surface area contributed by atoms with E-state index in [2.05, 4.69) is 4.98 Å². The van der Waals surface area contributed by atoms with Gasteiger partial charge in [-0.1, -0.05) is 6.07 Å². The van der Waals surface area contributed by atoms with Crippen LogP contribution in [0.15, 0.2) is 41.3 Å². The molecule has 0 atom stereocenters. The molecule has 2 aromatic heterocycles. The number of nitrogens with zero attached hydrogens (tertiary/aromatic N) is 2. The Kier molecular flexibility index (Phi) is 4.48. The minimum atomic E-state index is 0.651. The van der Waals surface area contributed by atoms with Crippen LogP contribution in [-0.2, 0) is 4.79 Å². The van der Waals surface area contributed by atoms with E-state index in [1.165, 1.54) is 0 Å². The lowest BCUT2D eigenvalue weighted by Gasteiger charge is -2.16. The molecule has 0 amide bonds. The topological polar surface area (TPSA) is 46.3 Å². The Balaban J connectivity index is 2.61. The summed E-state index contributed by atoms with van der Waals surface area (Å²) in [6.07, 6.45) is 5.99. The van der Waals surface area contributed by atoms with Crippen LogP contribution in [0.25, 0.3) is 11.1 Å². The molecule has 2 heterocycles. The Morgan fingerprint density at radius 3 is 2.70 bits per heavy atom. The first-order valence-electron chi connectivity index (χ1n) is 6.41. The van der Waals surface area contributed by atoms with E-state index in [0.29, 0.717) is 12.1 Å². The van der Waals surface area contributed by atoms with E-state index in [0.717, 1.165) is 28.7 Å². The monoisotopic (exact) mass is 270 g/mol. The van der Waals surface area contributed by atoms with Gasteiger partial charge in [0.1, 0.15) is 5.76 Å². The van der Waals surface area contributed by atoms with Crippen molar-refractivity contribution in [1.82, 2.24) is 9.88 Å². The highest BCUT2D eigenvalue weighted by Crippen LogP contribution is 2.27. The van der Waals surface area contributed by atoms with Crippen LogP contribution in [0.2, 0.25) is 0 Å². The molecule has 0 saturated carbocycles. The fraction of sp³-hybridized carbons (Fsp3) is 0.250. The van der Waals surface area contributed by atoms with Gasteiger partial charge >= 0.3 is 0 Å². The van der Waals surface area contributed by atoms with Gasteiger partial charge in [0, 0.05) is 30.1 Å². The first kappa shape index (κ1) is 14.2. The number of likely N-dealkylation sites (N-methyl/N-ethyl adjacent to an activating group) is 1. The largest absolute Gasteiger partial charge is 0.469 e. The van der Waals surface area contributed by atoms with Gasteiger partial charge in [0.15, 0.2) is 6.29 Å². The van der Waals surface area contributed by atoms with Gasteiger partial charge < -0.3 is 9.32 Å². The third-order valence-corrected chi connectivity index (χ3v) is 3.08. The third kappa shape index (κ3) is 3.03. The second kappa shape index (κ2) is 6.30.